The monoisotopic (exact) mass is 448 g/mol. The summed E-state index contributed by atoms with van der Waals surface area (Å²) in [5.41, 5.74) is 0.758. The van der Waals surface area contributed by atoms with Crippen molar-refractivity contribution < 1.29 is 9.84 Å². The molecule has 9 heteroatoms. The van der Waals surface area contributed by atoms with Gasteiger partial charge in [0.15, 0.2) is 11.4 Å². The van der Waals surface area contributed by atoms with Gasteiger partial charge in [0.1, 0.15) is 11.8 Å². The second-order valence-corrected chi connectivity index (χ2v) is 7.78. The Morgan fingerprint density at radius 1 is 1.17 bits per heavy atom. The first-order valence-corrected chi connectivity index (χ1v) is 10.4. The van der Waals surface area contributed by atoms with Gasteiger partial charge < -0.3 is 14.7 Å². The molecule has 0 aliphatic carbocycles. The summed E-state index contributed by atoms with van der Waals surface area (Å²) in [6, 6.07) is 10.3. The topological polar surface area (TPSA) is 89.2 Å². The fourth-order valence-electron chi connectivity index (χ4n) is 3.41. The molecule has 0 amide bonds. The van der Waals surface area contributed by atoms with Gasteiger partial charge in [-0.25, -0.2) is 0 Å². The first-order chi connectivity index (χ1) is 14.5. The third kappa shape index (κ3) is 5.33. The average Bonchev–Trinajstić information content (AvgIpc) is 2.76. The van der Waals surface area contributed by atoms with Gasteiger partial charge in [0.05, 0.1) is 27.9 Å². The average molecular weight is 449 g/mol. The molecule has 0 spiro atoms. The Labute approximate surface area is 185 Å². The molecule has 0 bridgehead atoms. The summed E-state index contributed by atoms with van der Waals surface area (Å²) in [6.07, 6.45) is 1.78. The molecule has 1 fully saturated rings. The molecule has 30 heavy (non-hydrogen) atoms. The Balaban J connectivity index is 1.40. The van der Waals surface area contributed by atoms with Crippen LogP contribution < -0.4 is 9.64 Å². The lowest BCUT2D eigenvalue weighted by atomic mass is 10.2. The number of rotatable bonds is 8. The quantitative estimate of drug-likeness (QED) is 0.453. The van der Waals surface area contributed by atoms with Crippen molar-refractivity contribution in [2.45, 2.75) is 12.8 Å². The molecule has 7 nitrogen and oxygen atoms in total. The number of unbranched alkanes of at least 4 members (excludes halogenated alkanes) is 1. The molecule has 2 aromatic carbocycles. The number of phenolic OH excluding ortho intramolecular Hbond substituents is 1. The second-order valence-electron chi connectivity index (χ2n) is 7.00. The van der Waals surface area contributed by atoms with Crippen molar-refractivity contribution in [3.63, 3.8) is 0 Å². The van der Waals surface area contributed by atoms with E-state index in [1.807, 2.05) is 18.2 Å². The summed E-state index contributed by atoms with van der Waals surface area (Å²) in [6.45, 7) is 5.08. The van der Waals surface area contributed by atoms with Crippen LogP contribution in [0.25, 0.3) is 0 Å². The van der Waals surface area contributed by atoms with Crippen LogP contribution in [0.15, 0.2) is 35.5 Å². The lowest BCUT2D eigenvalue weighted by Gasteiger charge is -2.36. The Hall–Kier alpha value is -2.53. The van der Waals surface area contributed by atoms with E-state index in [4.69, 9.17) is 33.2 Å². The smallest absolute Gasteiger partial charge is 0.162 e. The van der Waals surface area contributed by atoms with Gasteiger partial charge in [-0.1, -0.05) is 29.3 Å². The van der Waals surface area contributed by atoms with Gasteiger partial charge in [0.2, 0.25) is 0 Å². The van der Waals surface area contributed by atoms with Crippen molar-refractivity contribution in [3.8, 4) is 17.6 Å². The third-order valence-electron chi connectivity index (χ3n) is 5.06. The number of aromatic hydroxyl groups is 1. The Morgan fingerprint density at radius 3 is 2.63 bits per heavy atom. The summed E-state index contributed by atoms with van der Waals surface area (Å²) >= 11 is 12.4. The second kappa shape index (κ2) is 10.5. The van der Waals surface area contributed by atoms with Crippen LogP contribution in [-0.2, 0) is 0 Å². The van der Waals surface area contributed by atoms with E-state index < -0.39 is 5.75 Å². The van der Waals surface area contributed by atoms with Gasteiger partial charge >= 0.3 is 0 Å². The van der Waals surface area contributed by atoms with E-state index >= 15 is 0 Å². The number of hydrogen-bond acceptors (Lipinski definition) is 7. The summed E-state index contributed by atoms with van der Waals surface area (Å²) in [4.78, 5) is 15.4. The van der Waals surface area contributed by atoms with Crippen LogP contribution in [0.2, 0.25) is 10.0 Å². The number of piperazine rings is 1. The van der Waals surface area contributed by atoms with Gasteiger partial charge in [-0.3, -0.25) is 4.90 Å². The maximum absolute atomic E-state index is 10.8. The highest BCUT2D eigenvalue weighted by atomic mass is 35.5. The largest absolute Gasteiger partial charge is 0.504 e. The van der Waals surface area contributed by atoms with Crippen molar-refractivity contribution in [2.75, 3.05) is 44.2 Å². The van der Waals surface area contributed by atoms with E-state index in [1.165, 1.54) is 12.1 Å². The molecule has 0 atom stereocenters. The summed E-state index contributed by atoms with van der Waals surface area (Å²) in [7, 11) is 0. The number of anilines is 1. The number of nitroso groups, excluding NO2 is 1. The zero-order valence-electron chi connectivity index (χ0n) is 16.4. The van der Waals surface area contributed by atoms with Crippen molar-refractivity contribution >= 4 is 34.6 Å². The highest BCUT2D eigenvalue weighted by Gasteiger charge is 2.19. The molecular formula is C21H22Cl2N4O3. The van der Waals surface area contributed by atoms with Gasteiger partial charge in [-0.15, -0.1) is 4.91 Å². The van der Waals surface area contributed by atoms with Crippen LogP contribution in [-0.4, -0.2) is 49.3 Å². The Bertz CT molecular complexity index is 941. The maximum atomic E-state index is 10.8. The highest BCUT2D eigenvalue weighted by Crippen LogP contribution is 2.35. The van der Waals surface area contributed by atoms with Crippen LogP contribution >= 0.6 is 23.2 Å². The normalized spacial score (nSPS) is 14.4. The van der Waals surface area contributed by atoms with Crippen LogP contribution in [0.3, 0.4) is 0 Å². The van der Waals surface area contributed by atoms with Crippen molar-refractivity contribution in [1.82, 2.24) is 4.90 Å². The molecule has 1 saturated heterocycles. The van der Waals surface area contributed by atoms with Gasteiger partial charge in [0.25, 0.3) is 0 Å². The number of phenols is 1. The minimum absolute atomic E-state index is 0.0280. The van der Waals surface area contributed by atoms with Gasteiger partial charge in [-0.2, -0.15) is 5.26 Å². The molecule has 3 rings (SSSR count). The number of ether oxygens (including phenoxy) is 1. The number of nitriles is 1. The zero-order chi connectivity index (χ0) is 21.5. The molecule has 1 heterocycles. The molecule has 1 aliphatic heterocycles. The summed E-state index contributed by atoms with van der Waals surface area (Å²) in [5, 5.41) is 22.6. The van der Waals surface area contributed by atoms with Crippen LogP contribution in [0.4, 0.5) is 11.4 Å². The zero-order valence-corrected chi connectivity index (χ0v) is 17.9. The van der Waals surface area contributed by atoms with E-state index in [1.54, 1.807) is 6.07 Å². The van der Waals surface area contributed by atoms with Gasteiger partial charge in [-0.05, 0) is 36.7 Å². The highest BCUT2D eigenvalue weighted by molar-refractivity contribution is 6.43. The molecule has 0 radical (unpaired) electrons. The Morgan fingerprint density at radius 2 is 1.93 bits per heavy atom. The minimum atomic E-state index is -0.418. The third-order valence-corrected chi connectivity index (χ3v) is 5.87. The fraction of sp³-hybridized carbons (Fsp3) is 0.381. The molecule has 0 unspecified atom stereocenters. The molecule has 1 N–H and O–H groups in total. The molecular weight excluding hydrogens is 427 g/mol. The fourth-order valence-corrected chi connectivity index (χ4v) is 3.82. The standard InChI is InChI=1S/C21H22Cl2N4O3/c22-17-4-3-5-19(20(17)23)27-9-7-26(8-10-27)6-1-2-11-30-16-12-15(14-24)21(28)18(13-16)25-29/h3-5,12-13,28H,1-2,6-11H2. The lowest BCUT2D eigenvalue weighted by Crippen LogP contribution is -2.46. The van der Waals surface area contributed by atoms with E-state index in [2.05, 4.69) is 15.0 Å². The van der Waals surface area contributed by atoms with E-state index in [0.717, 1.165) is 51.3 Å². The van der Waals surface area contributed by atoms with Crippen LogP contribution in [0, 0.1) is 16.2 Å². The Kier molecular flexibility index (Phi) is 7.75. The molecule has 0 aromatic heterocycles. The maximum Gasteiger partial charge on any atom is 0.162 e. The molecule has 1 aliphatic rings. The van der Waals surface area contributed by atoms with Crippen LogP contribution in [0.1, 0.15) is 18.4 Å². The predicted molar refractivity (Wildman–Crippen MR) is 118 cm³/mol. The molecule has 0 saturated carbocycles. The van der Waals surface area contributed by atoms with Gasteiger partial charge in [0, 0.05) is 38.3 Å². The van der Waals surface area contributed by atoms with E-state index in [-0.39, 0.29) is 11.3 Å². The van der Waals surface area contributed by atoms with E-state index in [9.17, 15) is 10.0 Å². The van der Waals surface area contributed by atoms with Crippen molar-refractivity contribution in [2.24, 2.45) is 5.18 Å². The minimum Gasteiger partial charge on any atom is -0.504 e. The summed E-state index contributed by atoms with van der Waals surface area (Å²) < 4.78 is 5.62. The SMILES string of the molecule is N#Cc1cc(OCCCCN2CCN(c3cccc(Cl)c3Cl)CC2)cc(N=O)c1O. The molecule has 2 aromatic rings. The molecule has 158 valence electrons. The van der Waals surface area contributed by atoms with Crippen LogP contribution in [0.5, 0.6) is 11.5 Å². The number of benzene rings is 2. The first kappa shape index (κ1) is 22.2. The van der Waals surface area contributed by atoms with Crippen molar-refractivity contribution in [1.29, 1.82) is 5.26 Å². The predicted octanol–water partition coefficient (Wildman–Crippen LogP) is 4.95. The number of halogens is 2. The number of hydrogen-bond donors (Lipinski definition) is 1. The lowest BCUT2D eigenvalue weighted by molar-refractivity contribution is 0.238. The van der Waals surface area contributed by atoms with E-state index in [0.29, 0.717) is 22.4 Å². The summed E-state index contributed by atoms with van der Waals surface area (Å²) in [5.74, 6) is -0.0657. The number of nitrogens with zero attached hydrogens (tertiary/aromatic N) is 4. The first-order valence-electron chi connectivity index (χ1n) is 9.68. The van der Waals surface area contributed by atoms with Crippen molar-refractivity contribution in [3.05, 3.63) is 50.8 Å².